The molecule has 2 amide bonds. The average Bonchev–Trinajstić information content (AvgIpc) is 2.69. The molecule has 8 heteroatoms. The van der Waals surface area contributed by atoms with Gasteiger partial charge in [0.1, 0.15) is 11.6 Å². The molecule has 0 aliphatic rings. The molecule has 1 aromatic rings. The van der Waals surface area contributed by atoms with E-state index < -0.39 is 18.0 Å². The van der Waals surface area contributed by atoms with E-state index in [1.54, 1.807) is 0 Å². The molecule has 0 saturated carbocycles. The Labute approximate surface area is 94.9 Å². The fourth-order valence-electron chi connectivity index (χ4n) is 0.837. The smallest absolute Gasteiger partial charge is 0.327 e. The number of terminal acetylenes is 1. The Morgan fingerprint density at radius 3 is 2.94 bits per heavy atom. The summed E-state index contributed by atoms with van der Waals surface area (Å²) in [5.41, 5.74) is 1.44. The van der Waals surface area contributed by atoms with Gasteiger partial charge in [0.25, 0.3) is 0 Å². The second-order valence-corrected chi connectivity index (χ2v) is 3.47. The van der Waals surface area contributed by atoms with Crippen molar-refractivity contribution in [3.63, 3.8) is 0 Å². The molecule has 0 radical (unpaired) electrons. The van der Waals surface area contributed by atoms with Crippen LogP contribution in [0.1, 0.15) is 6.42 Å². The Hall–Kier alpha value is -2.14. The van der Waals surface area contributed by atoms with Crippen LogP contribution in [0.5, 0.6) is 0 Å². The molecule has 0 fully saturated rings. The monoisotopic (exact) mass is 240 g/mol. The molecule has 0 saturated heterocycles. The molecule has 84 valence electrons. The lowest BCUT2D eigenvalue weighted by Gasteiger charge is -2.11. The zero-order chi connectivity index (χ0) is 12.0. The third-order valence-corrected chi connectivity index (χ3v) is 2.11. The van der Waals surface area contributed by atoms with Crippen molar-refractivity contribution in [3.8, 4) is 12.3 Å². The maximum atomic E-state index is 11.3. The van der Waals surface area contributed by atoms with Gasteiger partial charge in [-0.1, -0.05) is 11.3 Å². The van der Waals surface area contributed by atoms with E-state index in [0.717, 1.165) is 11.3 Å². The second kappa shape index (κ2) is 5.67. The number of hydrogen-bond acceptors (Lipinski definition) is 5. The number of nitrogens with one attached hydrogen (secondary N) is 2. The number of carboxylic acid groups (broad SMARTS) is 1. The van der Waals surface area contributed by atoms with E-state index in [2.05, 4.69) is 26.8 Å². The van der Waals surface area contributed by atoms with Crippen LogP contribution in [0, 0.1) is 12.3 Å². The van der Waals surface area contributed by atoms with Gasteiger partial charge in [0.15, 0.2) is 0 Å². The average molecular weight is 240 g/mol. The largest absolute Gasteiger partial charge is 0.480 e. The summed E-state index contributed by atoms with van der Waals surface area (Å²) in [5, 5.41) is 20.6. The molecule has 7 nitrogen and oxygen atoms in total. The molecule has 3 N–H and O–H groups in total. The lowest BCUT2D eigenvalue weighted by atomic mass is 10.2. The maximum absolute atomic E-state index is 11.3. The molecule has 1 unspecified atom stereocenters. The van der Waals surface area contributed by atoms with Crippen LogP contribution >= 0.6 is 11.3 Å². The van der Waals surface area contributed by atoms with Crippen molar-refractivity contribution in [2.45, 2.75) is 12.5 Å². The van der Waals surface area contributed by atoms with Crippen LogP contribution < -0.4 is 10.6 Å². The Morgan fingerprint density at radius 2 is 2.44 bits per heavy atom. The van der Waals surface area contributed by atoms with E-state index in [4.69, 9.17) is 11.5 Å². The van der Waals surface area contributed by atoms with Gasteiger partial charge in [-0.25, -0.2) is 9.59 Å². The first-order valence-corrected chi connectivity index (χ1v) is 5.01. The molecule has 0 aliphatic carbocycles. The third-order valence-electron chi connectivity index (χ3n) is 1.51. The van der Waals surface area contributed by atoms with Crippen LogP contribution in [0.3, 0.4) is 0 Å². The Bertz CT molecular complexity index is 411. The quantitative estimate of drug-likeness (QED) is 0.649. The van der Waals surface area contributed by atoms with E-state index in [0.29, 0.717) is 0 Å². The summed E-state index contributed by atoms with van der Waals surface area (Å²) in [4.78, 5) is 21.9. The normalized spacial score (nSPS) is 11.2. The third kappa shape index (κ3) is 3.55. The van der Waals surface area contributed by atoms with E-state index in [-0.39, 0.29) is 11.6 Å². The van der Waals surface area contributed by atoms with Crippen molar-refractivity contribution in [3.05, 3.63) is 5.51 Å². The number of nitrogens with zero attached hydrogens (tertiary/aromatic N) is 2. The molecule has 1 heterocycles. The standard InChI is InChI=1S/C8H8N4O3S/c1-2-3-5(6(13)14)10-7(15)11-8-12-9-4-16-8/h1,4-5H,3H2,(H,13,14)(H2,10,11,12,15). The first-order valence-electron chi connectivity index (χ1n) is 4.13. The van der Waals surface area contributed by atoms with Gasteiger partial charge in [-0.3, -0.25) is 5.32 Å². The molecule has 16 heavy (non-hydrogen) atoms. The summed E-state index contributed by atoms with van der Waals surface area (Å²) in [6, 6.07) is -1.79. The highest BCUT2D eigenvalue weighted by atomic mass is 32.1. The van der Waals surface area contributed by atoms with Gasteiger partial charge in [-0.05, 0) is 0 Å². The predicted molar refractivity (Wildman–Crippen MR) is 56.9 cm³/mol. The van der Waals surface area contributed by atoms with Gasteiger partial charge in [-0.2, -0.15) is 0 Å². The molecule has 1 atom stereocenters. The van der Waals surface area contributed by atoms with Crippen LogP contribution in [-0.2, 0) is 4.79 Å². The van der Waals surface area contributed by atoms with Crippen LogP contribution in [0.15, 0.2) is 5.51 Å². The van der Waals surface area contributed by atoms with Crippen LogP contribution in [0.4, 0.5) is 9.93 Å². The van der Waals surface area contributed by atoms with E-state index >= 15 is 0 Å². The molecule has 1 rings (SSSR count). The van der Waals surface area contributed by atoms with Gasteiger partial charge in [0.05, 0.1) is 0 Å². The van der Waals surface area contributed by atoms with Gasteiger partial charge >= 0.3 is 12.0 Å². The summed E-state index contributed by atoms with van der Waals surface area (Å²) in [6.45, 7) is 0. The lowest BCUT2D eigenvalue weighted by Crippen LogP contribution is -2.42. The highest BCUT2D eigenvalue weighted by molar-refractivity contribution is 7.13. The first-order chi connectivity index (χ1) is 7.63. The molecular weight excluding hydrogens is 232 g/mol. The Morgan fingerprint density at radius 1 is 1.69 bits per heavy atom. The number of rotatable bonds is 4. The fraction of sp³-hybridized carbons (Fsp3) is 0.250. The number of aromatic nitrogens is 2. The van der Waals surface area contributed by atoms with Crippen molar-refractivity contribution in [2.24, 2.45) is 0 Å². The number of anilines is 1. The number of carbonyl (C=O) groups is 2. The van der Waals surface area contributed by atoms with Crippen molar-refractivity contribution in [1.29, 1.82) is 0 Å². The van der Waals surface area contributed by atoms with Crippen molar-refractivity contribution in [2.75, 3.05) is 5.32 Å². The number of hydrogen-bond donors (Lipinski definition) is 3. The van der Waals surface area contributed by atoms with Crippen LogP contribution in [-0.4, -0.2) is 33.3 Å². The molecule has 0 bridgehead atoms. The summed E-state index contributed by atoms with van der Waals surface area (Å²) < 4.78 is 0. The first kappa shape index (κ1) is 11.9. The van der Waals surface area contributed by atoms with Crippen LogP contribution in [0.25, 0.3) is 0 Å². The molecule has 0 spiro atoms. The molecule has 0 aromatic carbocycles. The van der Waals surface area contributed by atoms with E-state index in [9.17, 15) is 9.59 Å². The SMILES string of the molecule is C#CCC(NC(=O)Nc1nncs1)C(=O)O. The van der Waals surface area contributed by atoms with Gasteiger partial charge in [0, 0.05) is 6.42 Å². The maximum Gasteiger partial charge on any atom is 0.327 e. The minimum absolute atomic E-state index is 0.0845. The summed E-state index contributed by atoms with van der Waals surface area (Å²) in [5.74, 6) is 0.975. The molecule has 1 aromatic heterocycles. The Balaban J connectivity index is 2.49. The molecule has 0 aliphatic heterocycles. The zero-order valence-corrected chi connectivity index (χ0v) is 8.82. The number of carbonyl (C=O) groups excluding carboxylic acids is 1. The highest BCUT2D eigenvalue weighted by Gasteiger charge is 2.18. The number of amides is 2. The van der Waals surface area contributed by atoms with Gasteiger partial charge in [0.2, 0.25) is 5.13 Å². The number of urea groups is 1. The van der Waals surface area contributed by atoms with Crippen molar-refractivity contribution in [1.82, 2.24) is 15.5 Å². The number of aliphatic carboxylic acids is 1. The molecular formula is C8H8N4O3S. The van der Waals surface area contributed by atoms with Gasteiger partial charge in [-0.15, -0.1) is 22.5 Å². The fourth-order valence-corrected chi connectivity index (χ4v) is 1.28. The Kier molecular flexibility index (Phi) is 4.23. The van der Waals surface area contributed by atoms with Crippen LogP contribution in [0.2, 0.25) is 0 Å². The highest BCUT2D eigenvalue weighted by Crippen LogP contribution is 2.07. The van der Waals surface area contributed by atoms with Gasteiger partial charge < -0.3 is 10.4 Å². The van der Waals surface area contributed by atoms with Crippen molar-refractivity contribution < 1.29 is 14.7 Å². The predicted octanol–water partition coefficient (Wildman–Crippen LogP) is 0.136. The van der Waals surface area contributed by atoms with Crippen molar-refractivity contribution >= 4 is 28.5 Å². The summed E-state index contributed by atoms with van der Waals surface area (Å²) >= 11 is 1.12. The van der Waals surface area contributed by atoms with E-state index in [1.165, 1.54) is 5.51 Å². The lowest BCUT2D eigenvalue weighted by molar-refractivity contribution is -0.139. The minimum atomic E-state index is -1.19. The minimum Gasteiger partial charge on any atom is -0.480 e. The topological polar surface area (TPSA) is 104 Å². The summed E-state index contributed by atoms with van der Waals surface area (Å²) in [6.07, 6.45) is 4.89. The zero-order valence-electron chi connectivity index (χ0n) is 8.01. The van der Waals surface area contributed by atoms with E-state index in [1.807, 2.05) is 0 Å². The second-order valence-electron chi connectivity index (χ2n) is 2.64. The number of carboxylic acids is 1. The summed E-state index contributed by atoms with van der Waals surface area (Å²) in [7, 11) is 0.